The minimum absolute atomic E-state index is 0.126. The van der Waals surface area contributed by atoms with Crippen LogP contribution in [0.3, 0.4) is 0 Å². The number of nitrogens with one attached hydrogen (secondary N) is 2. The van der Waals surface area contributed by atoms with Crippen molar-refractivity contribution in [2.24, 2.45) is 0 Å². The molecular weight excluding hydrogens is 423 g/mol. The van der Waals surface area contributed by atoms with E-state index >= 15 is 0 Å². The topological polar surface area (TPSA) is 64.7 Å². The van der Waals surface area contributed by atoms with E-state index in [9.17, 15) is 9.59 Å². The maximum Gasteiger partial charge on any atom is 0.253 e. The highest BCUT2D eigenvalue weighted by atomic mass is 35.5. The molecule has 160 valence electrons. The van der Waals surface area contributed by atoms with Crippen molar-refractivity contribution in [3.8, 4) is 0 Å². The summed E-state index contributed by atoms with van der Waals surface area (Å²) in [6, 6.07) is 12.8. The molecule has 0 aromatic heterocycles. The second-order valence-electron chi connectivity index (χ2n) is 7.48. The minimum Gasteiger partial charge on any atom is -0.350 e. The van der Waals surface area contributed by atoms with Crippen LogP contribution in [0.25, 0.3) is 0 Å². The zero-order valence-corrected chi connectivity index (χ0v) is 18.5. The number of hydrogen-bond donors (Lipinski definition) is 2. The van der Waals surface area contributed by atoms with Gasteiger partial charge in [0, 0.05) is 44.3 Å². The highest BCUT2D eigenvalue weighted by Gasteiger charge is 2.14. The number of rotatable bonds is 7. The molecule has 1 aliphatic rings. The molecule has 0 atom stereocenters. The molecule has 8 heteroatoms. The van der Waals surface area contributed by atoms with Gasteiger partial charge in [0.2, 0.25) is 5.91 Å². The molecule has 2 amide bonds. The Kier molecular flexibility index (Phi) is 8.10. The maximum atomic E-state index is 12.2. The van der Waals surface area contributed by atoms with E-state index in [4.69, 9.17) is 23.2 Å². The first kappa shape index (κ1) is 22.6. The number of hydrogen-bond acceptors (Lipinski definition) is 4. The molecule has 30 heavy (non-hydrogen) atoms. The summed E-state index contributed by atoms with van der Waals surface area (Å²) in [6.07, 6.45) is 0. The SMILES string of the molecule is CN1CCN(Cc2cccc(CNC(=O)CNC(=O)c3ccc(Cl)cc3Cl)c2)CC1. The number of amides is 2. The molecule has 3 rings (SSSR count). The summed E-state index contributed by atoms with van der Waals surface area (Å²) >= 11 is 11.9. The van der Waals surface area contributed by atoms with Crippen molar-refractivity contribution in [3.63, 3.8) is 0 Å². The van der Waals surface area contributed by atoms with Gasteiger partial charge in [-0.1, -0.05) is 47.5 Å². The fraction of sp³-hybridized carbons (Fsp3) is 0.364. The molecule has 2 aromatic carbocycles. The average molecular weight is 449 g/mol. The van der Waals surface area contributed by atoms with Crippen LogP contribution < -0.4 is 10.6 Å². The van der Waals surface area contributed by atoms with E-state index < -0.39 is 5.91 Å². The molecule has 1 heterocycles. The molecule has 6 nitrogen and oxygen atoms in total. The molecule has 0 spiro atoms. The van der Waals surface area contributed by atoms with Crippen molar-refractivity contribution < 1.29 is 9.59 Å². The normalized spacial score (nSPS) is 15.0. The number of nitrogens with zero attached hydrogens (tertiary/aromatic N) is 2. The molecule has 2 N–H and O–H groups in total. The summed E-state index contributed by atoms with van der Waals surface area (Å²) in [7, 11) is 2.15. The first-order valence-corrected chi connectivity index (χ1v) is 10.6. The van der Waals surface area contributed by atoms with Gasteiger partial charge in [0.15, 0.2) is 0 Å². The Morgan fingerprint density at radius 3 is 2.43 bits per heavy atom. The van der Waals surface area contributed by atoms with Crippen LogP contribution in [0.2, 0.25) is 10.0 Å². The number of likely N-dealkylation sites (N-methyl/N-ethyl adjacent to an activating group) is 1. The summed E-state index contributed by atoms with van der Waals surface area (Å²) in [4.78, 5) is 29.1. The molecule has 1 fully saturated rings. The van der Waals surface area contributed by atoms with Gasteiger partial charge in [-0.2, -0.15) is 0 Å². The summed E-state index contributed by atoms with van der Waals surface area (Å²) in [5, 5.41) is 6.11. The van der Waals surface area contributed by atoms with Crippen LogP contribution in [0.5, 0.6) is 0 Å². The smallest absolute Gasteiger partial charge is 0.253 e. The Bertz CT molecular complexity index is 898. The van der Waals surface area contributed by atoms with Crippen LogP contribution in [-0.2, 0) is 17.9 Å². The molecule has 0 saturated carbocycles. The average Bonchev–Trinajstić information content (AvgIpc) is 2.72. The van der Waals surface area contributed by atoms with Gasteiger partial charge in [0.25, 0.3) is 5.91 Å². The first-order chi connectivity index (χ1) is 14.4. The van der Waals surface area contributed by atoms with Crippen molar-refractivity contribution in [2.45, 2.75) is 13.1 Å². The zero-order valence-electron chi connectivity index (χ0n) is 17.0. The van der Waals surface area contributed by atoms with Gasteiger partial charge in [0.1, 0.15) is 0 Å². The van der Waals surface area contributed by atoms with Crippen molar-refractivity contribution >= 4 is 35.0 Å². The van der Waals surface area contributed by atoms with Crippen LogP contribution in [0.15, 0.2) is 42.5 Å². The lowest BCUT2D eigenvalue weighted by molar-refractivity contribution is -0.120. The standard InChI is InChI=1S/C22H26Cl2N4O2/c1-27-7-9-28(10-8-27)15-17-4-2-3-16(11-17)13-25-21(29)14-26-22(30)19-6-5-18(23)12-20(19)24/h2-6,11-12H,7-10,13-15H2,1H3,(H,25,29)(H,26,30). The Labute approximate surface area is 187 Å². The van der Waals surface area contributed by atoms with Gasteiger partial charge < -0.3 is 15.5 Å². The minimum atomic E-state index is -0.416. The van der Waals surface area contributed by atoms with Gasteiger partial charge in [-0.05, 0) is 36.4 Å². The third-order valence-corrected chi connectivity index (χ3v) is 5.62. The van der Waals surface area contributed by atoms with E-state index in [2.05, 4.69) is 39.6 Å². The Morgan fingerprint density at radius 1 is 0.967 bits per heavy atom. The largest absolute Gasteiger partial charge is 0.350 e. The van der Waals surface area contributed by atoms with Crippen molar-refractivity contribution in [1.82, 2.24) is 20.4 Å². The number of carbonyl (C=O) groups excluding carboxylic acids is 2. The van der Waals surface area contributed by atoms with Gasteiger partial charge in [0.05, 0.1) is 17.1 Å². The molecule has 1 saturated heterocycles. The number of benzene rings is 2. The Hall–Kier alpha value is -2.12. The third kappa shape index (κ3) is 6.71. The van der Waals surface area contributed by atoms with Crippen LogP contribution in [0.4, 0.5) is 0 Å². The van der Waals surface area contributed by atoms with Gasteiger partial charge >= 0.3 is 0 Å². The van der Waals surface area contributed by atoms with E-state index in [1.165, 1.54) is 17.7 Å². The van der Waals surface area contributed by atoms with Crippen LogP contribution in [0.1, 0.15) is 21.5 Å². The van der Waals surface area contributed by atoms with Crippen LogP contribution >= 0.6 is 23.2 Å². The summed E-state index contributed by atoms with van der Waals surface area (Å²) < 4.78 is 0. The molecule has 0 unspecified atom stereocenters. The first-order valence-electron chi connectivity index (χ1n) is 9.89. The molecule has 0 radical (unpaired) electrons. The van der Waals surface area contributed by atoms with Crippen molar-refractivity contribution in [1.29, 1.82) is 0 Å². The lowest BCUT2D eigenvalue weighted by Crippen LogP contribution is -2.43. The predicted molar refractivity (Wildman–Crippen MR) is 120 cm³/mol. The summed E-state index contributed by atoms with van der Waals surface area (Å²) in [5.74, 6) is -0.682. The molecule has 0 bridgehead atoms. The van der Waals surface area contributed by atoms with E-state index in [0.29, 0.717) is 11.6 Å². The maximum absolute atomic E-state index is 12.2. The fourth-order valence-corrected chi connectivity index (χ4v) is 3.79. The van der Waals surface area contributed by atoms with Crippen molar-refractivity contribution in [2.75, 3.05) is 39.8 Å². The number of halogens is 2. The van der Waals surface area contributed by atoms with E-state index in [0.717, 1.165) is 38.3 Å². The molecule has 2 aromatic rings. The lowest BCUT2D eigenvalue weighted by atomic mass is 10.1. The molecular formula is C22H26Cl2N4O2. The van der Waals surface area contributed by atoms with Crippen LogP contribution in [0, 0.1) is 0 Å². The third-order valence-electron chi connectivity index (χ3n) is 5.07. The predicted octanol–water partition coefficient (Wildman–Crippen LogP) is 2.79. The monoisotopic (exact) mass is 448 g/mol. The Balaban J connectivity index is 1.44. The lowest BCUT2D eigenvalue weighted by Gasteiger charge is -2.32. The van der Waals surface area contributed by atoms with Gasteiger partial charge in [-0.15, -0.1) is 0 Å². The van der Waals surface area contributed by atoms with Crippen LogP contribution in [-0.4, -0.2) is 61.4 Å². The number of carbonyl (C=O) groups is 2. The number of piperazine rings is 1. The highest BCUT2D eigenvalue weighted by Crippen LogP contribution is 2.20. The molecule has 1 aliphatic heterocycles. The van der Waals surface area contributed by atoms with E-state index in [1.54, 1.807) is 6.07 Å². The Morgan fingerprint density at radius 2 is 1.70 bits per heavy atom. The van der Waals surface area contributed by atoms with Gasteiger partial charge in [-0.25, -0.2) is 0 Å². The molecule has 0 aliphatic carbocycles. The zero-order chi connectivity index (χ0) is 21.5. The highest BCUT2D eigenvalue weighted by molar-refractivity contribution is 6.36. The second-order valence-corrected chi connectivity index (χ2v) is 8.33. The summed E-state index contributed by atoms with van der Waals surface area (Å²) in [6.45, 7) is 5.49. The van der Waals surface area contributed by atoms with E-state index in [1.807, 2.05) is 12.1 Å². The van der Waals surface area contributed by atoms with E-state index in [-0.39, 0.29) is 23.0 Å². The van der Waals surface area contributed by atoms with Crippen molar-refractivity contribution in [3.05, 3.63) is 69.2 Å². The second kappa shape index (κ2) is 10.8. The fourth-order valence-electron chi connectivity index (χ4n) is 3.29. The quantitative estimate of drug-likeness (QED) is 0.683. The summed E-state index contributed by atoms with van der Waals surface area (Å²) in [5.41, 5.74) is 2.55. The van der Waals surface area contributed by atoms with Gasteiger partial charge in [-0.3, -0.25) is 14.5 Å².